The lowest BCUT2D eigenvalue weighted by atomic mass is 9.85. The summed E-state index contributed by atoms with van der Waals surface area (Å²) in [7, 11) is -1.12. The summed E-state index contributed by atoms with van der Waals surface area (Å²) in [5, 5.41) is 10.6. The molecule has 2 rings (SSSR count). The molecule has 0 bridgehead atoms. The van der Waals surface area contributed by atoms with Crippen molar-refractivity contribution in [3.05, 3.63) is 40.4 Å². The average Bonchev–Trinajstić information content (AvgIpc) is 3.50. The minimum atomic E-state index is -4.10. The Labute approximate surface area is 314 Å². The number of carbonyl (C=O) groups excluding carboxylic acids is 4. The number of likely N-dealkylation sites (N-methyl/N-ethyl adjacent to an activating group) is 1. The second kappa shape index (κ2) is 17.3. The molecule has 0 unspecified atom stereocenters. The first-order valence-corrected chi connectivity index (χ1v) is 20.5. The molecule has 5 N–H and O–H groups in total. The van der Waals surface area contributed by atoms with Crippen molar-refractivity contribution < 1.29 is 41.5 Å². The number of halogens is 3. The van der Waals surface area contributed by atoms with Gasteiger partial charge in [0.05, 0.1) is 7.11 Å². The van der Waals surface area contributed by atoms with Gasteiger partial charge < -0.3 is 30.9 Å². The summed E-state index contributed by atoms with van der Waals surface area (Å²) in [5.41, 5.74) is -1.44. The van der Waals surface area contributed by atoms with Gasteiger partial charge in [-0.2, -0.15) is 4.21 Å². The Bertz CT molecular complexity index is 1550. The standard InChI is InChI=1S/C35H57BrF2N6O7S/c1-21(29(37)38)27(31(46)39-17-16-22-19-23(36)14-15-25(22)51-9)41-30(45)24-13-12-18-44(24)32(47)28(35(5,6)7)42-33(48)40-26(34(2,3)4)20-43(8)52(10,11,49)50/h14-15,19,24,26-29H,1,12-13,16-18,20H2,2-11H3,(H,39,46)(H,41,45)(H,49,50)(H2,40,42,48)/t24-,26+,27-,28+/m0/s1. The van der Waals surface area contributed by atoms with Crippen molar-refractivity contribution >= 4 is 49.2 Å². The molecular formula is C35H57BrF2N6O7S. The van der Waals surface area contributed by atoms with E-state index in [1.54, 1.807) is 39.0 Å². The van der Waals surface area contributed by atoms with Crippen LogP contribution in [0.5, 0.6) is 5.75 Å². The third-order valence-corrected chi connectivity index (χ3v) is 11.5. The fourth-order valence-electron chi connectivity index (χ4n) is 5.51. The Morgan fingerprint density at radius 2 is 1.71 bits per heavy atom. The summed E-state index contributed by atoms with van der Waals surface area (Å²) in [4.78, 5) is 55.6. The molecule has 0 aliphatic carbocycles. The fourth-order valence-corrected chi connectivity index (χ4v) is 6.49. The highest BCUT2D eigenvalue weighted by atomic mass is 79.9. The van der Waals surface area contributed by atoms with Crippen LogP contribution in [0.4, 0.5) is 13.6 Å². The van der Waals surface area contributed by atoms with E-state index >= 15 is 0 Å². The van der Waals surface area contributed by atoms with Gasteiger partial charge in [-0.05, 0) is 53.9 Å². The predicted molar refractivity (Wildman–Crippen MR) is 203 cm³/mol. The minimum absolute atomic E-state index is 0.0329. The highest BCUT2D eigenvalue weighted by molar-refractivity contribution is 9.10. The number of likely N-dealkylation sites (tertiary alicyclic amines) is 1. The Balaban J connectivity index is 2.23. The molecule has 1 heterocycles. The molecular weight excluding hydrogens is 766 g/mol. The zero-order chi connectivity index (χ0) is 40.0. The molecule has 13 nitrogen and oxygen atoms in total. The van der Waals surface area contributed by atoms with E-state index in [0.717, 1.165) is 10.0 Å². The van der Waals surface area contributed by atoms with Gasteiger partial charge >= 0.3 is 6.03 Å². The maximum atomic E-state index is 14.1. The molecule has 4 atom stereocenters. The second-order valence-electron chi connectivity index (χ2n) is 15.9. The van der Waals surface area contributed by atoms with Crippen LogP contribution in [-0.4, -0.2) is 119 Å². The number of nitrogens with one attached hydrogen (secondary N) is 4. The van der Waals surface area contributed by atoms with E-state index < -0.39 is 80.3 Å². The van der Waals surface area contributed by atoms with Gasteiger partial charge in [0.1, 0.15) is 23.9 Å². The molecule has 1 saturated heterocycles. The first kappa shape index (κ1) is 45.0. The van der Waals surface area contributed by atoms with Crippen molar-refractivity contribution in [2.24, 2.45) is 10.8 Å². The molecule has 17 heteroatoms. The Morgan fingerprint density at radius 1 is 1.10 bits per heavy atom. The zero-order valence-corrected chi connectivity index (χ0v) is 34.3. The number of benzene rings is 1. The summed E-state index contributed by atoms with van der Waals surface area (Å²) in [6.45, 7) is 14.4. The second-order valence-corrected chi connectivity index (χ2v) is 20.8. The molecule has 0 aromatic heterocycles. The minimum Gasteiger partial charge on any atom is -0.496 e. The third kappa shape index (κ3) is 12.8. The molecule has 1 aromatic carbocycles. The molecule has 296 valence electrons. The van der Waals surface area contributed by atoms with Crippen LogP contribution in [0.25, 0.3) is 0 Å². The smallest absolute Gasteiger partial charge is 0.315 e. The maximum Gasteiger partial charge on any atom is 0.315 e. The number of ether oxygens (including phenoxy) is 1. The average molecular weight is 824 g/mol. The first-order valence-electron chi connectivity index (χ1n) is 17.0. The number of hydrogen-bond donors (Lipinski definition) is 5. The molecule has 1 fully saturated rings. The number of carbonyl (C=O) groups is 4. The van der Waals surface area contributed by atoms with Gasteiger partial charge in [0.15, 0.2) is 0 Å². The highest BCUT2D eigenvalue weighted by Crippen LogP contribution is 2.28. The van der Waals surface area contributed by atoms with Crippen LogP contribution in [-0.2, 0) is 30.3 Å². The van der Waals surface area contributed by atoms with Gasteiger partial charge in [-0.1, -0.05) is 64.1 Å². The monoisotopic (exact) mass is 822 g/mol. The maximum absolute atomic E-state index is 14.1. The van der Waals surface area contributed by atoms with Gasteiger partial charge in [0.2, 0.25) is 17.7 Å². The van der Waals surface area contributed by atoms with E-state index in [4.69, 9.17) is 4.74 Å². The van der Waals surface area contributed by atoms with Crippen molar-refractivity contribution in [2.45, 2.75) is 91.4 Å². The zero-order valence-electron chi connectivity index (χ0n) is 31.9. The Morgan fingerprint density at radius 3 is 2.23 bits per heavy atom. The van der Waals surface area contributed by atoms with E-state index in [9.17, 15) is 36.7 Å². The van der Waals surface area contributed by atoms with E-state index in [1.165, 1.54) is 35.9 Å². The summed E-state index contributed by atoms with van der Waals surface area (Å²) in [5.74, 6) is -1.68. The summed E-state index contributed by atoms with van der Waals surface area (Å²) in [6.07, 6.45) is 0.249. The van der Waals surface area contributed by atoms with Crippen molar-refractivity contribution in [3.8, 4) is 5.75 Å². The number of methoxy groups -OCH3 is 1. The summed E-state index contributed by atoms with van der Waals surface area (Å²) >= 11 is 3.39. The van der Waals surface area contributed by atoms with Gasteiger partial charge in [-0.25, -0.2) is 17.9 Å². The van der Waals surface area contributed by atoms with Crippen molar-refractivity contribution in [1.29, 1.82) is 0 Å². The SMILES string of the molecule is C=C(C(F)F)[C@H](NC(=O)[C@@H]1CCCN1C(=O)[C@@H](NC(=O)N[C@H](CN(C)S(C)(C)(=O)O)C(C)(C)C)C(C)(C)C)C(=O)NCCc1cc(Br)ccc1OC. The molecule has 1 aromatic rings. The molecule has 0 spiro atoms. The third-order valence-electron chi connectivity index (χ3n) is 9.04. The lowest BCUT2D eigenvalue weighted by Crippen LogP contribution is -2.62. The topological polar surface area (TPSA) is 169 Å². The molecule has 5 amide bonds. The van der Waals surface area contributed by atoms with Gasteiger partial charge in [0, 0.05) is 55.3 Å². The van der Waals surface area contributed by atoms with Crippen LogP contribution in [0.2, 0.25) is 0 Å². The molecule has 0 radical (unpaired) electrons. The molecule has 1 aliphatic rings. The molecule has 52 heavy (non-hydrogen) atoms. The molecule has 1 aliphatic heterocycles. The quantitative estimate of drug-likeness (QED) is 0.167. The number of alkyl halides is 2. The fraction of sp³-hybridized carbons (Fsp3) is 0.657. The van der Waals surface area contributed by atoms with Crippen molar-refractivity contribution in [1.82, 2.24) is 30.5 Å². The predicted octanol–water partition coefficient (Wildman–Crippen LogP) is 3.94. The normalized spacial score (nSPS) is 17.8. The van der Waals surface area contributed by atoms with Crippen LogP contribution in [0.3, 0.4) is 0 Å². The first-order chi connectivity index (χ1) is 23.6. The van der Waals surface area contributed by atoms with E-state index in [-0.39, 0.29) is 26.1 Å². The highest BCUT2D eigenvalue weighted by Gasteiger charge is 2.43. The summed E-state index contributed by atoms with van der Waals surface area (Å²) in [6, 6.07) is 0.0306. The van der Waals surface area contributed by atoms with Crippen molar-refractivity contribution in [2.75, 3.05) is 46.3 Å². The number of rotatable bonds is 15. The van der Waals surface area contributed by atoms with E-state index in [1.807, 2.05) is 20.8 Å². The van der Waals surface area contributed by atoms with Gasteiger partial charge in [0.25, 0.3) is 6.43 Å². The van der Waals surface area contributed by atoms with Gasteiger partial charge in [-0.3, -0.25) is 18.9 Å². The number of nitrogens with zero attached hydrogens (tertiary/aromatic N) is 2. The number of hydrogen-bond acceptors (Lipinski definition) is 6. The van der Waals surface area contributed by atoms with E-state index in [0.29, 0.717) is 18.6 Å². The largest absolute Gasteiger partial charge is 0.496 e. The van der Waals surface area contributed by atoms with Crippen LogP contribution < -0.4 is 26.0 Å². The van der Waals surface area contributed by atoms with Crippen LogP contribution in [0, 0.1) is 10.8 Å². The van der Waals surface area contributed by atoms with Crippen LogP contribution >= 0.6 is 15.9 Å². The molecule has 0 saturated carbocycles. The van der Waals surface area contributed by atoms with Gasteiger partial charge in [-0.15, -0.1) is 9.53 Å². The lowest BCUT2D eigenvalue weighted by molar-refractivity contribution is -0.142. The van der Waals surface area contributed by atoms with Crippen LogP contribution in [0.1, 0.15) is 59.9 Å². The Kier molecular flexibility index (Phi) is 15.0. The Hall–Kier alpha value is -3.15. The lowest BCUT2D eigenvalue weighted by Gasteiger charge is -2.46. The summed E-state index contributed by atoms with van der Waals surface area (Å²) < 4.78 is 58.4. The number of urea groups is 1. The van der Waals surface area contributed by atoms with Crippen molar-refractivity contribution in [3.63, 3.8) is 0 Å². The van der Waals surface area contributed by atoms with Crippen LogP contribution in [0.15, 0.2) is 34.8 Å². The number of amides is 5. The van der Waals surface area contributed by atoms with E-state index in [2.05, 4.69) is 43.8 Å².